The lowest BCUT2D eigenvalue weighted by molar-refractivity contribution is -0.131. The van der Waals surface area contributed by atoms with E-state index in [1.165, 1.54) is 19.3 Å². The quantitative estimate of drug-likeness (QED) is 0.673. The number of nitrogens with two attached hydrogens (primary N) is 2. The van der Waals surface area contributed by atoms with Gasteiger partial charge in [-0.2, -0.15) is 0 Å². The monoisotopic (exact) mass is 255 g/mol. The molecule has 0 aliphatic heterocycles. The highest BCUT2D eigenvalue weighted by atomic mass is 16.2. The average molecular weight is 255 g/mol. The summed E-state index contributed by atoms with van der Waals surface area (Å²) in [4.78, 5) is 12.3. The molecule has 4 nitrogen and oxygen atoms in total. The molecule has 4 heteroatoms. The zero-order chi connectivity index (χ0) is 13.6. The van der Waals surface area contributed by atoms with Crippen molar-refractivity contribution in [2.24, 2.45) is 16.9 Å². The van der Waals surface area contributed by atoms with Gasteiger partial charge in [-0.25, -0.2) is 0 Å². The molecule has 1 fully saturated rings. The van der Waals surface area contributed by atoms with Crippen LogP contribution in [0.4, 0.5) is 0 Å². The van der Waals surface area contributed by atoms with Crippen LogP contribution >= 0.6 is 0 Å². The van der Waals surface area contributed by atoms with Crippen LogP contribution in [-0.2, 0) is 4.79 Å². The summed E-state index contributed by atoms with van der Waals surface area (Å²) in [6, 6.07) is 0. The van der Waals surface area contributed by atoms with Gasteiger partial charge < -0.3 is 16.8 Å². The normalized spacial score (nSPS) is 19.6. The first-order valence-corrected chi connectivity index (χ1v) is 7.29. The van der Waals surface area contributed by atoms with Crippen molar-refractivity contribution in [1.29, 1.82) is 0 Å². The Morgan fingerprint density at radius 2 is 1.78 bits per heavy atom. The number of hydrogen-bond donors (Lipinski definition) is 3. The summed E-state index contributed by atoms with van der Waals surface area (Å²) in [6.07, 6.45) is 7.21. The highest BCUT2D eigenvalue weighted by Crippen LogP contribution is 2.27. The van der Waals surface area contributed by atoms with E-state index in [1.807, 2.05) is 13.8 Å². The van der Waals surface area contributed by atoms with Gasteiger partial charge in [0.1, 0.15) is 0 Å². The number of carbonyl (C=O) groups excluding carboxylic acids is 1. The Morgan fingerprint density at radius 1 is 1.22 bits per heavy atom. The van der Waals surface area contributed by atoms with Crippen molar-refractivity contribution in [3.05, 3.63) is 0 Å². The molecule has 0 aromatic heterocycles. The standard InChI is InChI=1S/C14H29N3O/c1-3-13(4-2,10-15)12(18)17-11-14(16)8-6-5-7-9-14/h3-11,15-16H2,1-2H3,(H,17,18). The lowest BCUT2D eigenvalue weighted by Gasteiger charge is -2.36. The van der Waals surface area contributed by atoms with E-state index < -0.39 is 5.41 Å². The molecule has 0 heterocycles. The lowest BCUT2D eigenvalue weighted by atomic mass is 9.80. The van der Waals surface area contributed by atoms with Crippen molar-refractivity contribution < 1.29 is 4.79 Å². The van der Waals surface area contributed by atoms with E-state index >= 15 is 0 Å². The summed E-state index contributed by atoms with van der Waals surface area (Å²) in [5, 5.41) is 3.04. The Balaban J connectivity index is 2.53. The van der Waals surface area contributed by atoms with E-state index in [2.05, 4.69) is 5.32 Å². The van der Waals surface area contributed by atoms with Crippen LogP contribution in [0, 0.1) is 5.41 Å². The average Bonchev–Trinajstić information content (AvgIpc) is 2.40. The second-order valence-electron chi connectivity index (χ2n) is 5.80. The topological polar surface area (TPSA) is 81.1 Å². The van der Waals surface area contributed by atoms with Crippen molar-refractivity contribution in [3.63, 3.8) is 0 Å². The first kappa shape index (κ1) is 15.4. The number of rotatable bonds is 6. The van der Waals surface area contributed by atoms with Crippen LogP contribution in [0.3, 0.4) is 0 Å². The van der Waals surface area contributed by atoms with Crippen molar-refractivity contribution in [3.8, 4) is 0 Å². The summed E-state index contributed by atoms with van der Waals surface area (Å²) in [5.74, 6) is 0.0744. The van der Waals surface area contributed by atoms with Gasteiger partial charge in [-0.05, 0) is 25.7 Å². The summed E-state index contributed by atoms with van der Waals surface area (Å²) in [5.41, 5.74) is 11.5. The fourth-order valence-corrected chi connectivity index (χ4v) is 2.83. The molecule has 1 amide bonds. The molecule has 0 unspecified atom stereocenters. The smallest absolute Gasteiger partial charge is 0.227 e. The molecule has 0 atom stereocenters. The van der Waals surface area contributed by atoms with Gasteiger partial charge in [0.2, 0.25) is 5.91 Å². The van der Waals surface area contributed by atoms with E-state index in [4.69, 9.17) is 11.5 Å². The van der Waals surface area contributed by atoms with Crippen molar-refractivity contribution in [2.75, 3.05) is 13.1 Å². The van der Waals surface area contributed by atoms with E-state index in [1.54, 1.807) is 0 Å². The molecular formula is C14H29N3O. The highest BCUT2D eigenvalue weighted by Gasteiger charge is 2.35. The van der Waals surface area contributed by atoms with E-state index in [0.29, 0.717) is 13.1 Å². The minimum absolute atomic E-state index is 0.0744. The maximum Gasteiger partial charge on any atom is 0.227 e. The van der Waals surface area contributed by atoms with Gasteiger partial charge in [0, 0.05) is 18.6 Å². The maximum atomic E-state index is 12.3. The first-order chi connectivity index (χ1) is 8.52. The van der Waals surface area contributed by atoms with Crippen LogP contribution in [-0.4, -0.2) is 24.5 Å². The van der Waals surface area contributed by atoms with Crippen LogP contribution in [0.1, 0.15) is 58.8 Å². The second kappa shape index (κ2) is 6.53. The minimum atomic E-state index is -0.412. The number of hydrogen-bond acceptors (Lipinski definition) is 3. The molecule has 0 radical (unpaired) electrons. The number of nitrogens with one attached hydrogen (secondary N) is 1. The van der Waals surface area contributed by atoms with Gasteiger partial charge in [-0.3, -0.25) is 4.79 Å². The second-order valence-corrected chi connectivity index (χ2v) is 5.80. The summed E-state index contributed by atoms with van der Waals surface area (Å²) >= 11 is 0. The Labute approximate surface area is 111 Å². The maximum absolute atomic E-state index is 12.3. The summed E-state index contributed by atoms with van der Waals surface area (Å²) < 4.78 is 0. The number of amides is 1. The predicted molar refractivity (Wildman–Crippen MR) is 75.1 cm³/mol. The van der Waals surface area contributed by atoms with Crippen LogP contribution in [0.2, 0.25) is 0 Å². The molecule has 0 bridgehead atoms. The van der Waals surface area contributed by atoms with Crippen LogP contribution in [0.25, 0.3) is 0 Å². The molecule has 1 aliphatic rings. The molecule has 0 aromatic carbocycles. The molecular weight excluding hydrogens is 226 g/mol. The van der Waals surface area contributed by atoms with Crippen molar-refractivity contribution in [2.45, 2.75) is 64.3 Å². The van der Waals surface area contributed by atoms with Crippen LogP contribution in [0.15, 0.2) is 0 Å². The summed E-state index contributed by atoms with van der Waals surface area (Å²) in [7, 11) is 0. The molecule has 0 saturated heterocycles. The Morgan fingerprint density at radius 3 is 2.22 bits per heavy atom. The van der Waals surface area contributed by atoms with Crippen molar-refractivity contribution in [1.82, 2.24) is 5.32 Å². The zero-order valence-electron chi connectivity index (χ0n) is 11.9. The van der Waals surface area contributed by atoms with E-state index in [0.717, 1.165) is 25.7 Å². The molecule has 5 N–H and O–H groups in total. The lowest BCUT2D eigenvalue weighted by Crippen LogP contribution is -2.54. The van der Waals surface area contributed by atoms with Crippen LogP contribution in [0.5, 0.6) is 0 Å². The molecule has 0 aromatic rings. The number of carbonyl (C=O) groups is 1. The Hall–Kier alpha value is -0.610. The Kier molecular flexibility index (Phi) is 5.60. The molecule has 1 saturated carbocycles. The van der Waals surface area contributed by atoms with Gasteiger partial charge in [-0.15, -0.1) is 0 Å². The van der Waals surface area contributed by atoms with E-state index in [9.17, 15) is 4.79 Å². The molecule has 1 aliphatic carbocycles. The van der Waals surface area contributed by atoms with E-state index in [-0.39, 0.29) is 11.4 Å². The van der Waals surface area contributed by atoms with Gasteiger partial charge in [0.15, 0.2) is 0 Å². The highest BCUT2D eigenvalue weighted by molar-refractivity contribution is 5.82. The van der Waals surface area contributed by atoms with Gasteiger partial charge >= 0.3 is 0 Å². The summed E-state index contributed by atoms with van der Waals surface area (Å²) in [6.45, 7) is 5.04. The molecule has 1 rings (SSSR count). The first-order valence-electron chi connectivity index (χ1n) is 7.29. The molecule has 18 heavy (non-hydrogen) atoms. The third kappa shape index (κ3) is 3.45. The van der Waals surface area contributed by atoms with Gasteiger partial charge in [0.25, 0.3) is 0 Å². The fraction of sp³-hybridized carbons (Fsp3) is 0.929. The third-order valence-electron chi connectivity index (χ3n) is 4.68. The third-order valence-corrected chi connectivity index (χ3v) is 4.68. The van der Waals surface area contributed by atoms with Gasteiger partial charge in [-0.1, -0.05) is 33.1 Å². The molecule has 0 spiro atoms. The Bertz CT molecular complexity index is 260. The van der Waals surface area contributed by atoms with Crippen molar-refractivity contribution >= 4 is 5.91 Å². The van der Waals surface area contributed by atoms with Gasteiger partial charge in [0.05, 0.1) is 5.41 Å². The SMILES string of the molecule is CCC(CC)(CN)C(=O)NCC1(N)CCCCC1. The molecule has 106 valence electrons. The minimum Gasteiger partial charge on any atom is -0.354 e. The largest absolute Gasteiger partial charge is 0.354 e. The fourth-order valence-electron chi connectivity index (χ4n) is 2.83. The van der Waals surface area contributed by atoms with Crippen LogP contribution < -0.4 is 16.8 Å². The zero-order valence-corrected chi connectivity index (χ0v) is 11.9. The predicted octanol–water partition coefficient (Wildman–Crippen LogP) is 1.53.